The van der Waals surface area contributed by atoms with Crippen molar-refractivity contribution in [2.75, 3.05) is 6.61 Å². The molecule has 0 aliphatic carbocycles. The quantitative estimate of drug-likeness (QED) is 0.303. The molecule has 0 saturated heterocycles. The van der Waals surface area contributed by atoms with Crippen LogP contribution in [0.2, 0.25) is 0 Å². The normalized spacial score (nSPS) is 12.9. The number of hydrogen-bond donors (Lipinski definition) is 3. The molecule has 1 aromatic heterocycles. The average Bonchev–Trinajstić information content (AvgIpc) is 3.25. The van der Waals surface area contributed by atoms with E-state index >= 15 is 0 Å². The zero-order valence-corrected chi connectivity index (χ0v) is 20.2. The van der Waals surface area contributed by atoms with E-state index in [1.807, 2.05) is 55.5 Å². The van der Waals surface area contributed by atoms with E-state index in [0.29, 0.717) is 5.56 Å². The molecule has 1 heterocycles. The van der Waals surface area contributed by atoms with Crippen LogP contribution in [0.5, 0.6) is 5.75 Å². The maximum absolute atomic E-state index is 13.3. The number of benzene rings is 3. The molecule has 3 N–H and O–H groups in total. The molecular formula is C29H25F3N2O3. The maximum Gasteiger partial charge on any atom is 0.573 e. The number of aliphatic hydroxyl groups is 1. The Morgan fingerprint density at radius 2 is 1.78 bits per heavy atom. The van der Waals surface area contributed by atoms with Crippen LogP contribution in [0.1, 0.15) is 39.5 Å². The number of amides is 1. The number of carbonyl (C=O) groups excluding carboxylic acids is 1. The Morgan fingerprint density at radius 3 is 2.51 bits per heavy atom. The second-order valence-corrected chi connectivity index (χ2v) is 9.03. The molecule has 0 radical (unpaired) electrons. The number of alkyl halides is 3. The number of fused-ring (bicyclic) bond motifs is 1. The van der Waals surface area contributed by atoms with Gasteiger partial charge in [0.1, 0.15) is 5.75 Å². The van der Waals surface area contributed by atoms with E-state index in [1.54, 1.807) is 13.1 Å². The number of hydrogen-bond acceptors (Lipinski definition) is 3. The highest BCUT2D eigenvalue weighted by Crippen LogP contribution is 2.29. The van der Waals surface area contributed by atoms with Gasteiger partial charge in [0.25, 0.3) is 5.91 Å². The monoisotopic (exact) mass is 506 g/mol. The van der Waals surface area contributed by atoms with E-state index in [-0.39, 0.29) is 12.0 Å². The van der Waals surface area contributed by atoms with Crippen molar-refractivity contribution in [3.8, 4) is 17.6 Å². The van der Waals surface area contributed by atoms with Gasteiger partial charge in [0, 0.05) is 28.2 Å². The number of halogens is 3. The summed E-state index contributed by atoms with van der Waals surface area (Å²) in [5, 5.41) is 13.8. The Balaban J connectivity index is 1.65. The van der Waals surface area contributed by atoms with Gasteiger partial charge in [-0.05, 0) is 61.7 Å². The topological polar surface area (TPSA) is 74.3 Å². The molecule has 37 heavy (non-hydrogen) atoms. The SMILES string of the molecule is Cc1ccccc1C#Cc1ccc(OC(F)(F)F)c(C(=O)NC(C)(CO)Cc2c[nH]c3ccccc23)c1. The van der Waals surface area contributed by atoms with Gasteiger partial charge in [-0.3, -0.25) is 4.79 Å². The highest BCUT2D eigenvalue weighted by atomic mass is 19.4. The van der Waals surface area contributed by atoms with Crippen molar-refractivity contribution in [2.45, 2.75) is 32.2 Å². The second-order valence-electron chi connectivity index (χ2n) is 9.03. The van der Waals surface area contributed by atoms with Crippen LogP contribution < -0.4 is 10.1 Å². The van der Waals surface area contributed by atoms with E-state index in [2.05, 4.69) is 26.9 Å². The van der Waals surface area contributed by atoms with Crippen LogP contribution in [0, 0.1) is 18.8 Å². The smallest absolute Gasteiger partial charge is 0.405 e. The van der Waals surface area contributed by atoms with Gasteiger partial charge >= 0.3 is 6.36 Å². The van der Waals surface area contributed by atoms with E-state index < -0.39 is 30.2 Å². The fourth-order valence-electron chi connectivity index (χ4n) is 4.03. The summed E-state index contributed by atoms with van der Waals surface area (Å²) < 4.78 is 43.4. The molecule has 1 unspecified atom stereocenters. The summed E-state index contributed by atoms with van der Waals surface area (Å²) >= 11 is 0. The van der Waals surface area contributed by atoms with Gasteiger partial charge in [0.15, 0.2) is 0 Å². The molecule has 1 atom stereocenters. The summed E-state index contributed by atoms with van der Waals surface area (Å²) in [6.45, 7) is 3.08. The van der Waals surface area contributed by atoms with E-state index in [1.165, 1.54) is 12.1 Å². The summed E-state index contributed by atoms with van der Waals surface area (Å²) in [6.07, 6.45) is -2.97. The van der Waals surface area contributed by atoms with Crippen molar-refractivity contribution in [3.05, 3.63) is 101 Å². The number of para-hydroxylation sites is 1. The van der Waals surface area contributed by atoms with Crippen LogP contribution in [0.15, 0.2) is 72.9 Å². The fourth-order valence-corrected chi connectivity index (χ4v) is 4.03. The van der Waals surface area contributed by atoms with Crippen molar-refractivity contribution in [1.82, 2.24) is 10.3 Å². The molecule has 0 aliphatic rings. The van der Waals surface area contributed by atoms with Gasteiger partial charge in [-0.25, -0.2) is 0 Å². The first kappa shape index (κ1) is 25.9. The minimum atomic E-state index is -4.99. The number of rotatable bonds is 6. The number of carbonyl (C=O) groups is 1. The molecule has 8 heteroatoms. The van der Waals surface area contributed by atoms with Crippen molar-refractivity contribution in [1.29, 1.82) is 0 Å². The number of aromatic amines is 1. The minimum Gasteiger partial charge on any atom is -0.405 e. The van der Waals surface area contributed by atoms with E-state index in [9.17, 15) is 23.1 Å². The molecule has 5 nitrogen and oxygen atoms in total. The lowest BCUT2D eigenvalue weighted by Crippen LogP contribution is -2.50. The largest absolute Gasteiger partial charge is 0.573 e. The van der Waals surface area contributed by atoms with Crippen LogP contribution in [0.3, 0.4) is 0 Å². The van der Waals surface area contributed by atoms with E-state index in [4.69, 9.17) is 0 Å². The van der Waals surface area contributed by atoms with Crippen molar-refractivity contribution >= 4 is 16.8 Å². The van der Waals surface area contributed by atoms with Crippen LogP contribution in [0.25, 0.3) is 10.9 Å². The highest BCUT2D eigenvalue weighted by Gasteiger charge is 2.34. The molecule has 4 aromatic rings. The number of ether oxygens (including phenoxy) is 1. The maximum atomic E-state index is 13.3. The van der Waals surface area contributed by atoms with E-state index in [0.717, 1.165) is 33.7 Å². The molecule has 0 fully saturated rings. The third kappa shape index (κ3) is 6.32. The van der Waals surface area contributed by atoms with Crippen molar-refractivity contribution in [2.24, 2.45) is 0 Å². The number of nitrogens with one attached hydrogen (secondary N) is 2. The van der Waals surface area contributed by atoms with Crippen molar-refractivity contribution < 1.29 is 27.8 Å². The third-order valence-corrected chi connectivity index (χ3v) is 5.96. The summed E-state index contributed by atoms with van der Waals surface area (Å²) in [4.78, 5) is 16.4. The third-order valence-electron chi connectivity index (χ3n) is 5.96. The molecule has 4 rings (SSSR count). The van der Waals surface area contributed by atoms with Gasteiger partial charge in [-0.15, -0.1) is 13.2 Å². The predicted molar refractivity (Wildman–Crippen MR) is 135 cm³/mol. The highest BCUT2D eigenvalue weighted by molar-refractivity contribution is 5.98. The minimum absolute atomic E-state index is 0.238. The Bertz CT molecular complexity index is 1500. The zero-order chi connectivity index (χ0) is 26.6. The van der Waals surface area contributed by atoms with Crippen LogP contribution in [0.4, 0.5) is 13.2 Å². The first-order valence-corrected chi connectivity index (χ1v) is 11.5. The number of aromatic nitrogens is 1. The average molecular weight is 507 g/mol. The number of H-pyrrole nitrogens is 1. The Morgan fingerprint density at radius 1 is 1.05 bits per heavy atom. The van der Waals surface area contributed by atoms with Crippen molar-refractivity contribution in [3.63, 3.8) is 0 Å². The molecule has 1 amide bonds. The van der Waals surface area contributed by atoms with Gasteiger partial charge in [-0.1, -0.05) is 48.2 Å². The fraction of sp³-hybridized carbons (Fsp3) is 0.207. The Labute approximate surface area is 212 Å². The molecule has 0 bridgehead atoms. The molecule has 0 spiro atoms. The zero-order valence-electron chi connectivity index (χ0n) is 20.2. The van der Waals surface area contributed by atoms with Crippen LogP contribution >= 0.6 is 0 Å². The molecule has 3 aromatic carbocycles. The number of aryl methyl sites for hydroxylation is 1. The number of aliphatic hydroxyl groups excluding tert-OH is 1. The van der Waals surface area contributed by atoms with Crippen LogP contribution in [-0.4, -0.2) is 34.5 Å². The van der Waals surface area contributed by atoms with Gasteiger partial charge < -0.3 is 20.1 Å². The Hall–Kier alpha value is -4.22. The Kier molecular flexibility index (Phi) is 7.28. The standard InChI is InChI=1S/C29H25F3N2O3/c1-19-7-3-4-8-21(19)13-11-20-12-14-26(37-29(30,31)32)24(15-20)27(36)34-28(2,18-35)16-22-17-33-25-10-6-5-9-23(22)25/h3-10,12,14-15,17,33,35H,16,18H2,1-2H3,(H,34,36). The molecule has 0 saturated carbocycles. The lowest BCUT2D eigenvalue weighted by atomic mass is 9.92. The molecule has 190 valence electrons. The van der Waals surface area contributed by atoms with Gasteiger partial charge in [0.05, 0.1) is 17.7 Å². The summed E-state index contributed by atoms with van der Waals surface area (Å²) in [7, 11) is 0. The second kappa shape index (κ2) is 10.4. The first-order valence-electron chi connectivity index (χ1n) is 11.5. The lowest BCUT2D eigenvalue weighted by Gasteiger charge is -2.29. The lowest BCUT2D eigenvalue weighted by molar-refractivity contribution is -0.274. The summed E-state index contributed by atoms with van der Waals surface area (Å²) in [6, 6.07) is 18.7. The molecular weight excluding hydrogens is 481 g/mol. The van der Waals surface area contributed by atoms with Gasteiger partial charge in [-0.2, -0.15) is 0 Å². The first-order chi connectivity index (χ1) is 17.6. The van der Waals surface area contributed by atoms with Crippen LogP contribution in [-0.2, 0) is 6.42 Å². The summed E-state index contributed by atoms with van der Waals surface area (Å²) in [5.74, 6) is 4.40. The predicted octanol–water partition coefficient (Wildman–Crippen LogP) is 5.50. The summed E-state index contributed by atoms with van der Waals surface area (Å²) in [5.41, 5.74) is 2.27. The molecule has 0 aliphatic heterocycles. The van der Waals surface area contributed by atoms with Gasteiger partial charge in [0.2, 0.25) is 0 Å².